The lowest BCUT2D eigenvalue weighted by Crippen LogP contribution is -2.61. The molecule has 3 rings (SSSR count). The van der Waals surface area contributed by atoms with Gasteiger partial charge in [-0.05, 0) is 74.9 Å². The van der Waals surface area contributed by atoms with Gasteiger partial charge in [0.05, 0.1) is 47.6 Å². The van der Waals surface area contributed by atoms with E-state index in [1.165, 1.54) is 21.1 Å². The van der Waals surface area contributed by atoms with Crippen LogP contribution in [0.5, 0.6) is 0 Å². The highest BCUT2D eigenvalue weighted by Crippen LogP contribution is 2.41. The molecular weight excluding hydrogens is 678 g/mol. The topological polar surface area (TPSA) is 183 Å². The van der Waals surface area contributed by atoms with E-state index in [9.17, 15) is 9.59 Å². The van der Waals surface area contributed by atoms with Crippen LogP contribution in [0.25, 0.3) is 0 Å². The van der Waals surface area contributed by atoms with Gasteiger partial charge in [0.25, 0.3) is 0 Å². The van der Waals surface area contributed by atoms with Gasteiger partial charge in [-0.1, -0.05) is 27.7 Å². The zero-order valence-corrected chi connectivity index (χ0v) is 33.7. The van der Waals surface area contributed by atoms with Gasteiger partial charge < -0.3 is 58.5 Å². The quantitative estimate of drug-likeness (QED) is 0.213. The summed E-state index contributed by atoms with van der Waals surface area (Å²) < 4.78 is 76.7. The fourth-order valence-electron chi connectivity index (χ4n) is 8.52. The van der Waals surface area contributed by atoms with Gasteiger partial charge >= 0.3 is 5.97 Å². The zero-order valence-electron chi connectivity index (χ0n) is 37.7. The van der Waals surface area contributed by atoms with Crippen LogP contribution in [0.15, 0.2) is 0 Å². The molecule has 0 aromatic rings. The van der Waals surface area contributed by atoms with Gasteiger partial charge in [-0.25, -0.2) is 0 Å². The van der Waals surface area contributed by atoms with Crippen molar-refractivity contribution in [2.45, 2.75) is 179 Å². The predicted molar refractivity (Wildman–Crippen MR) is 191 cm³/mol. The number of hydrogen-bond acceptors (Lipinski definition) is 14. The van der Waals surface area contributed by atoms with Crippen LogP contribution in [0.2, 0.25) is 0 Å². The number of Topliss-reactive ketones (excluding diaryl/α,β-unsaturated/α-hetero) is 1. The highest BCUT2D eigenvalue weighted by molar-refractivity contribution is 5.83. The van der Waals surface area contributed by atoms with Crippen LogP contribution < -0.4 is 0 Å². The summed E-state index contributed by atoms with van der Waals surface area (Å²) in [6.07, 6.45) is -8.01. The molecule has 304 valence electrons. The molecule has 3 saturated heterocycles. The van der Waals surface area contributed by atoms with E-state index in [1.54, 1.807) is 48.5 Å². The summed E-state index contributed by atoms with van der Waals surface area (Å²) in [6.45, 7) is 17.4. The molecular formula is C38H69NO13. The lowest BCUT2D eigenvalue weighted by atomic mass is 9.74. The van der Waals surface area contributed by atoms with Crippen molar-refractivity contribution in [1.82, 2.24) is 4.90 Å². The highest BCUT2D eigenvalue weighted by atomic mass is 16.7. The smallest absolute Gasteiger partial charge is 0.311 e. The Morgan fingerprint density at radius 2 is 1.54 bits per heavy atom. The molecule has 14 heteroatoms. The number of aliphatic hydroxyl groups is 4. The lowest BCUT2D eigenvalue weighted by molar-refractivity contribution is -0.319. The van der Waals surface area contributed by atoms with E-state index in [1.807, 2.05) is 32.8 Å². The Kier molecular flexibility index (Phi) is 13.2. The number of methoxy groups -OCH3 is 2. The number of carbonyl (C=O) groups excluding carboxylic acids is 2. The molecule has 18 atom stereocenters. The third-order valence-electron chi connectivity index (χ3n) is 12.1. The molecule has 52 heavy (non-hydrogen) atoms. The van der Waals surface area contributed by atoms with Crippen LogP contribution in [0.3, 0.4) is 0 Å². The number of ether oxygens (including phenoxy) is 7. The first kappa shape index (κ1) is 39.0. The number of carbonyl (C=O) groups is 2. The second-order valence-electron chi connectivity index (χ2n) is 16.5. The van der Waals surface area contributed by atoms with Gasteiger partial charge in [-0.3, -0.25) is 9.59 Å². The molecule has 0 saturated carbocycles. The van der Waals surface area contributed by atoms with Crippen molar-refractivity contribution in [2.75, 3.05) is 28.3 Å². The Morgan fingerprint density at radius 3 is 2.08 bits per heavy atom. The van der Waals surface area contributed by atoms with Crippen LogP contribution in [0.1, 0.15) is 94.9 Å². The van der Waals surface area contributed by atoms with Crippen molar-refractivity contribution in [3.05, 3.63) is 0 Å². The molecule has 0 bridgehead atoms. The Bertz CT molecular complexity index is 1280. The summed E-state index contributed by atoms with van der Waals surface area (Å²) in [4.78, 5) is 30.7. The molecule has 0 radical (unpaired) electrons. The van der Waals surface area contributed by atoms with Crippen molar-refractivity contribution in [3.8, 4) is 0 Å². The van der Waals surface area contributed by atoms with Crippen LogP contribution in [-0.4, -0.2) is 155 Å². The van der Waals surface area contributed by atoms with Crippen LogP contribution in [0, 0.1) is 23.7 Å². The maximum atomic E-state index is 14.4. The molecule has 3 heterocycles. The molecule has 3 aliphatic heterocycles. The monoisotopic (exact) mass is 752 g/mol. The van der Waals surface area contributed by atoms with Gasteiger partial charge in [0, 0.05) is 44.4 Å². The van der Waals surface area contributed by atoms with E-state index < -0.39 is 102 Å². The minimum absolute atomic E-state index is 0.0978. The molecule has 4 N–H and O–H groups in total. The SMILES string of the molecule is [2H]O[C@H]1[C@H](O[C@@H]2[C@@H](C)[C@H](O[C@H]3C[C@@](C)(OC)[C@@H](O[2H])[C@H](C)O3)[C@@H](C)C(=O)O[C@H](CC)[C@@](C)(O[2H])[C@H](O[2H])[C@@H](C)C(=O)[C@H](C)C[C@@]2(C)OC)O[C@H](C)C[C@@H]1N(C)C. The van der Waals surface area contributed by atoms with Crippen molar-refractivity contribution < 1.29 is 63.2 Å². The average molecular weight is 752 g/mol. The van der Waals surface area contributed by atoms with Gasteiger partial charge in [0.15, 0.2) is 12.6 Å². The first-order chi connectivity index (χ1) is 26.2. The Morgan fingerprint density at radius 1 is 0.885 bits per heavy atom. The van der Waals surface area contributed by atoms with E-state index in [4.69, 9.17) is 59.3 Å². The number of nitrogens with zero attached hydrogens (tertiary/aromatic N) is 1. The third kappa shape index (κ3) is 9.38. The number of rotatable bonds is 12. The van der Waals surface area contributed by atoms with Crippen molar-refractivity contribution >= 4 is 11.8 Å². The van der Waals surface area contributed by atoms with Gasteiger partial charge in [0.2, 0.25) is 5.72 Å². The molecule has 0 aromatic heterocycles. The normalized spacial score (nSPS) is 50.0. The maximum Gasteiger partial charge on any atom is 0.311 e. The molecule has 0 amide bonds. The maximum absolute atomic E-state index is 14.4. The van der Waals surface area contributed by atoms with Crippen molar-refractivity contribution in [3.63, 3.8) is 0 Å². The highest BCUT2D eigenvalue weighted by Gasteiger charge is 2.54. The number of hydrogen-bond donors (Lipinski definition) is 4. The molecule has 3 aliphatic rings. The fourth-order valence-corrected chi connectivity index (χ4v) is 8.52. The standard InChI is InChI=1S/C38H69NO13/c1-15-26-38(10,45)31(42)21(4)28(40)19(2)17-37(9,47-14)33(52-35-29(41)25(39(11)12)16-20(3)48-35)22(5)30(23(6)34(44)50-26)51-27-18-36(8,46-13)32(43)24(7)49-27/h19-27,29-33,35,41-43,45H,15-18H2,1-14H3/t19-,20-,21+,22+,23-,24+,25+,26-,27+,29-,30+,31-,32+,33-,35+,36-,37-,38-/m1/s1/i41D,42D,43D,45D. The molecule has 0 aliphatic carbocycles. The molecule has 0 spiro atoms. The summed E-state index contributed by atoms with van der Waals surface area (Å²) in [5.74, 6) is -4.46. The lowest BCUT2D eigenvalue weighted by Gasteiger charge is -2.50. The third-order valence-corrected chi connectivity index (χ3v) is 12.1. The van der Waals surface area contributed by atoms with Gasteiger partial charge in [-0.2, -0.15) is 0 Å². The number of aliphatic hydroxyl groups excluding tert-OH is 3. The van der Waals surface area contributed by atoms with E-state index in [0.717, 1.165) is 0 Å². The van der Waals surface area contributed by atoms with Gasteiger partial charge in [-0.15, -0.1) is 0 Å². The zero-order chi connectivity index (χ0) is 42.5. The first-order valence-corrected chi connectivity index (χ1v) is 18.8. The number of cyclic esters (lactones) is 1. The van der Waals surface area contributed by atoms with Crippen molar-refractivity contribution in [2.24, 2.45) is 23.7 Å². The van der Waals surface area contributed by atoms with E-state index in [-0.39, 0.29) is 37.2 Å². The van der Waals surface area contributed by atoms with E-state index >= 15 is 0 Å². The molecule has 3 fully saturated rings. The van der Waals surface area contributed by atoms with Crippen LogP contribution in [-0.2, 0) is 42.7 Å². The van der Waals surface area contributed by atoms with E-state index in [2.05, 4.69) is 0 Å². The summed E-state index contributed by atoms with van der Waals surface area (Å²) in [7, 11) is 6.81. The first-order valence-electron chi connectivity index (χ1n) is 20.4. The molecule has 14 nitrogen and oxygen atoms in total. The van der Waals surface area contributed by atoms with E-state index in [0.29, 0.717) is 6.42 Å². The largest absolute Gasteiger partial charge is 0.459 e. The summed E-state index contributed by atoms with van der Waals surface area (Å²) in [5, 5.41) is 20.7. The molecule has 0 aromatic carbocycles. The van der Waals surface area contributed by atoms with Crippen LogP contribution >= 0.6 is 0 Å². The number of likely N-dealkylation sites (N-methyl/N-ethyl adjacent to an activating group) is 1. The van der Waals surface area contributed by atoms with Crippen LogP contribution in [0.4, 0.5) is 0 Å². The van der Waals surface area contributed by atoms with Gasteiger partial charge in [0.1, 0.15) is 29.7 Å². The predicted octanol–water partition coefficient (Wildman–Crippen LogP) is 2.44. The summed E-state index contributed by atoms with van der Waals surface area (Å²) in [6, 6.07) is -0.247. The second-order valence-corrected chi connectivity index (χ2v) is 16.5. The fraction of sp³-hybridized carbons (Fsp3) is 0.947. The minimum atomic E-state index is -1.72. The minimum Gasteiger partial charge on any atom is -0.459 e. The Labute approximate surface area is 316 Å². The van der Waals surface area contributed by atoms with Crippen molar-refractivity contribution in [1.29, 1.82) is 5.72 Å². The second kappa shape index (κ2) is 17.7. The Balaban J connectivity index is 2.28. The summed E-state index contributed by atoms with van der Waals surface area (Å²) >= 11 is 0. The number of esters is 1. The average Bonchev–Trinajstić information content (AvgIpc) is 3.16. The Hall–Kier alpha value is -1.30. The number of ketones is 1. The molecule has 0 unspecified atom stereocenters. The summed E-state index contributed by atoms with van der Waals surface area (Å²) in [5.41, 5.74) is -4.00.